The summed E-state index contributed by atoms with van der Waals surface area (Å²) in [6.07, 6.45) is 2.73. The average molecular weight is 184 g/mol. The highest BCUT2D eigenvalue weighted by molar-refractivity contribution is 5.87. The molecule has 0 aromatic heterocycles. The van der Waals surface area contributed by atoms with Gasteiger partial charge in [-0.2, -0.15) is 0 Å². The smallest absolute Gasteiger partial charge is 0.333 e. The van der Waals surface area contributed by atoms with E-state index in [0.717, 1.165) is 6.42 Å². The summed E-state index contributed by atoms with van der Waals surface area (Å²) in [5.74, 6) is -0.220. The normalized spacial score (nSPS) is 28.1. The Labute approximate surface area is 78.7 Å². The number of carbonyl (C=O) groups is 1. The van der Waals surface area contributed by atoms with Crippen LogP contribution in [0.5, 0.6) is 0 Å². The Morgan fingerprint density at radius 1 is 1.69 bits per heavy atom. The summed E-state index contributed by atoms with van der Waals surface area (Å²) in [4.78, 5) is 11.3. The van der Waals surface area contributed by atoms with Gasteiger partial charge >= 0.3 is 5.97 Å². The van der Waals surface area contributed by atoms with Gasteiger partial charge in [-0.15, -0.1) is 0 Å². The average Bonchev–Trinajstić information content (AvgIpc) is 2.11. The van der Waals surface area contributed by atoms with Gasteiger partial charge in [-0.25, -0.2) is 4.79 Å². The van der Waals surface area contributed by atoms with Crippen LogP contribution >= 0.6 is 0 Å². The molecule has 0 aliphatic carbocycles. The minimum Gasteiger partial charge on any atom is -0.454 e. The first-order chi connectivity index (χ1) is 6.15. The van der Waals surface area contributed by atoms with Crippen molar-refractivity contribution in [1.29, 1.82) is 0 Å². The van der Waals surface area contributed by atoms with Crippen molar-refractivity contribution < 1.29 is 14.3 Å². The van der Waals surface area contributed by atoms with Gasteiger partial charge in [0.15, 0.2) is 6.10 Å². The van der Waals surface area contributed by atoms with Crippen molar-refractivity contribution in [2.24, 2.45) is 0 Å². The molecule has 0 saturated carbocycles. The second-order valence-electron chi connectivity index (χ2n) is 3.28. The van der Waals surface area contributed by atoms with Gasteiger partial charge in [0.2, 0.25) is 0 Å². The Bertz CT molecular complexity index is 220. The molecule has 1 aliphatic heterocycles. The van der Waals surface area contributed by atoms with Gasteiger partial charge in [0.25, 0.3) is 0 Å². The highest BCUT2D eigenvalue weighted by Crippen LogP contribution is 2.16. The number of carbonyl (C=O) groups excluding carboxylic acids is 1. The number of hydrogen-bond acceptors (Lipinski definition) is 3. The molecule has 0 N–H and O–H groups in total. The first-order valence-corrected chi connectivity index (χ1v) is 4.64. The van der Waals surface area contributed by atoms with Crippen molar-refractivity contribution in [3.8, 4) is 0 Å². The van der Waals surface area contributed by atoms with E-state index in [1.807, 2.05) is 19.9 Å². The molecule has 3 heteroatoms. The van der Waals surface area contributed by atoms with Gasteiger partial charge in [0.1, 0.15) is 0 Å². The SMILES string of the molecule is CCC=C(C)C(=O)OC1COC1C. The molecule has 1 aliphatic rings. The Balaban J connectivity index is 2.36. The van der Waals surface area contributed by atoms with E-state index in [2.05, 4.69) is 0 Å². The van der Waals surface area contributed by atoms with E-state index in [0.29, 0.717) is 12.2 Å². The summed E-state index contributed by atoms with van der Waals surface area (Å²) in [6, 6.07) is 0. The highest BCUT2D eigenvalue weighted by Gasteiger charge is 2.31. The van der Waals surface area contributed by atoms with Crippen LogP contribution in [0.15, 0.2) is 11.6 Å². The van der Waals surface area contributed by atoms with Gasteiger partial charge < -0.3 is 9.47 Å². The molecule has 2 unspecified atom stereocenters. The van der Waals surface area contributed by atoms with Gasteiger partial charge in [0, 0.05) is 5.57 Å². The predicted octanol–water partition coefficient (Wildman–Crippen LogP) is 1.67. The van der Waals surface area contributed by atoms with Crippen LogP contribution in [0.3, 0.4) is 0 Å². The van der Waals surface area contributed by atoms with Crippen molar-refractivity contribution >= 4 is 5.97 Å². The Kier molecular flexibility index (Phi) is 3.48. The summed E-state index contributed by atoms with van der Waals surface area (Å²) in [7, 11) is 0. The fourth-order valence-electron chi connectivity index (χ4n) is 1.12. The zero-order chi connectivity index (χ0) is 9.84. The molecule has 0 aromatic carbocycles. The van der Waals surface area contributed by atoms with Gasteiger partial charge in [-0.05, 0) is 20.3 Å². The van der Waals surface area contributed by atoms with Crippen LogP contribution in [-0.2, 0) is 14.3 Å². The van der Waals surface area contributed by atoms with Crippen LogP contribution in [0.4, 0.5) is 0 Å². The van der Waals surface area contributed by atoms with Gasteiger partial charge in [0.05, 0.1) is 12.7 Å². The summed E-state index contributed by atoms with van der Waals surface area (Å²) < 4.78 is 10.3. The lowest BCUT2D eigenvalue weighted by molar-refractivity contribution is -0.189. The highest BCUT2D eigenvalue weighted by atomic mass is 16.6. The monoisotopic (exact) mass is 184 g/mol. The largest absolute Gasteiger partial charge is 0.454 e. The molecule has 1 rings (SSSR count). The van der Waals surface area contributed by atoms with Crippen LogP contribution in [0.1, 0.15) is 27.2 Å². The standard InChI is InChI=1S/C10H16O3/c1-4-5-7(2)10(11)13-9-6-12-8(9)3/h5,8-9H,4,6H2,1-3H3. The van der Waals surface area contributed by atoms with Crippen LogP contribution in [-0.4, -0.2) is 24.8 Å². The van der Waals surface area contributed by atoms with Gasteiger partial charge in [-0.3, -0.25) is 0 Å². The first-order valence-electron chi connectivity index (χ1n) is 4.64. The van der Waals surface area contributed by atoms with E-state index in [9.17, 15) is 4.79 Å². The quantitative estimate of drug-likeness (QED) is 0.494. The van der Waals surface area contributed by atoms with E-state index in [1.54, 1.807) is 6.92 Å². The number of ether oxygens (including phenoxy) is 2. The molecule has 1 fully saturated rings. The Morgan fingerprint density at radius 3 is 2.77 bits per heavy atom. The molecule has 0 bridgehead atoms. The molecular formula is C10H16O3. The number of allylic oxidation sites excluding steroid dienone is 1. The molecular weight excluding hydrogens is 168 g/mol. The van der Waals surface area contributed by atoms with Crippen LogP contribution in [0.2, 0.25) is 0 Å². The molecule has 0 aromatic rings. The molecule has 13 heavy (non-hydrogen) atoms. The lowest BCUT2D eigenvalue weighted by Crippen LogP contribution is -2.45. The maximum Gasteiger partial charge on any atom is 0.333 e. The molecule has 3 nitrogen and oxygen atoms in total. The van der Waals surface area contributed by atoms with E-state index in [1.165, 1.54) is 0 Å². The van der Waals surface area contributed by atoms with Crippen molar-refractivity contribution in [2.45, 2.75) is 39.4 Å². The molecule has 74 valence electrons. The first kappa shape index (κ1) is 10.3. The number of hydrogen-bond donors (Lipinski definition) is 0. The molecule has 0 amide bonds. The van der Waals surface area contributed by atoms with Crippen LogP contribution in [0.25, 0.3) is 0 Å². The number of rotatable bonds is 3. The maximum absolute atomic E-state index is 11.3. The van der Waals surface area contributed by atoms with E-state index < -0.39 is 0 Å². The lowest BCUT2D eigenvalue weighted by Gasteiger charge is -2.33. The summed E-state index contributed by atoms with van der Waals surface area (Å²) in [5.41, 5.74) is 0.682. The molecule has 0 spiro atoms. The van der Waals surface area contributed by atoms with E-state index in [-0.39, 0.29) is 18.2 Å². The summed E-state index contributed by atoms with van der Waals surface area (Å²) in [5, 5.41) is 0. The second-order valence-corrected chi connectivity index (χ2v) is 3.28. The van der Waals surface area contributed by atoms with E-state index in [4.69, 9.17) is 9.47 Å². The third-order valence-corrected chi connectivity index (χ3v) is 2.14. The Hall–Kier alpha value is -0.830. The second kappa shape index (κ2) is 4.42. The molecule has 1 saturated heterocycles. The molecule has 0 radical (unpaired) electrons. The zero-order valence-corrected chi connectivity index (χ0v) is 8.37. The minimum absolute atomic E-state index is 0.0484. The van der Waals surface area contributed by atoms with Crippen molar-refractivity contribution in [1.82, 2.24) is 0 Å². The summed E-state index contributed by atoms with van der Waals surface area (Å²) in [6.45, 7) is 6.20. The third-order valence-electron chi connectivity index (χ3n) is 2.14. The Morgan fingerprint density at radius 2 is 2.38 bits per heavy atom. The van der Waals surface area contributed by atoms with Crippen LogP contribution < -0.4 is 0 Å². The van der Waals surface area contributed by atoms with Crippen molar-refractivity contribution in [3.63, 3.8) is 0 Å². The zero-order valence-electron chi connectivity index (χ0n) is 8.37. The third kappa shape index (κ3) is 2.56. The fraction of sp³-hybridized carbons (Fsp3) is 0.700. The topological polar surface area (TPSA) is 35.5 Å². The lowest BCUT2D eigenvalue weighted by atomic mass is 10.1. The van der Waals surface area contributed by atoms with Crippen molar-refractivity contribution in [3.05, 3.63) is 11.6 Å². The summed E-state index contributed by atoms with van der Waals surface area (Å²) >= 11 is 0. The minimum atomic E-state index is -0.220. The number of esters is 1. The molecule has 1 heterocycles. The fourth-order valence-corrected chi connectivity index (χ4v) is 1.12. The molecule has 2 atom stereocenters. The maximum atomic E-state index is 11.3. The van der Waals surface area contributed by atoms with E-state index >= 15 is 0 Å². The van der Waals surface area contributed by atoms with Crippen LogP contribution in [0, 0.1) is 0 Å². The van der Waals surface area contributed by atoms with Gasteiger partial charge in [-0.1, -0.05) is 13.0 Å². The predicted molar refractivity (Wildman–Crippen MR) is 49.3 cm³/mol. The van der Waals surface area contributed by atoms with Crippen molar-refractivity contribution in [2.75, 3.05) is 6.61 Å².